The van der Waals surface area contributed by atoms with Crippen molar-refractivity contribution in [3.05, 3.63) is 35.0 Å². The maximum Gasteiger partial charge on any atom is 0.220 e. The second kappa shape index (κ2) is 4.88. The summed E-state index contributed by atoms with van der Waals surface area (Å²) in [6.07, 6.45) is 0.939. The van der Waals surface area contributed by atoms with Gasteiger partial charge in [0.2, 0.25) is 11.7 Å². The van der Waals surface area contributed by atoms with E-state index in [4.69, 9.17) is 0 Å². The lowest BCUT2D eigenvalue weighted by Gasteiger charge is -2.07. The van der Waals surface area contributed by atoms with Gasteiger partial charge in [-0.3, -0.25) is 4.79 Å². The van der Waals surface area contributed by atoms with E-state index in [9.17, 15) is 23.4 Å². The molecule has 112 valence electrons. The predicted octanol–water partition coefficient (Wildman–Crippen LogP) is 0.774. The normalized spacial score (nSPS) is 11.6. The highest BCUT2D eigenvalue weighted by molar-refractivity contribution is 7.90. The Labute approximate surface area is 121 Å². The minimum atomic E-state index is -3.72. The Balaban J connectivity index is 2.70. The van der Waals surface area contributed by atoms with E-state index in [0.717, 1.165) is 17.0 Å². The lowest BCUT2D eigenvalue weighted by Crippen LogP contribution is -2.10. The van der Waals surface area contributed by atoms with E-state index in [0.29, 0.717) is 0 Å². The zero-order valence-corrected chi connectivity index (χ0v) is 12.5. The molecule has 0 radical (unpaired) electrons. The number of nitrogens with zero attached hydrogens (tertiary/aromatic N) is 2. The number of carbonyl (C=O) groups excluding carboxylic acids is 1. The molecule has 0 spiro atoms. The average Bonchev–Trinajstić information content (AvgIpc) is 2.61. The summed E-state index contributed by atoms with van der Waals surface area (Å²) >= 11 is 0. The molecule has 1 aromatic heterocycles. The number of hydrogen-bond donors (Lipinski definition) is 2. The zero-order chi connectivity index (χ0) is 15.9. The minimum absolute atomic E-state index is 0.0620. The minimum Gasteiger partial charge on any atom is -0.508 e. The first-order valence-corrected chi connectivity index (χ1v) is 7.82. The van der Waals surface area contributed by atoms with Crippen LogP contribution in [0.25, 0.3) is 0 Å². The third-order valence-electron chi connectivity index (χ3n) is 3.03. The first-order valence-electron chi connectivity index (χ1n) is 5.93. The van der Waals surface area contributed by atoms with E-state index in [1.54, 1.807) is 0 Å². The highest BCUT2D eigenvalue weighted by atomic mass is 32.2. The van der Waals surface area contributed by atoms with Gasteiger partial charge in [-0.2, -0.15) is 5.10 Å². The van der Waals surface area contributed by atoms with Crippen molar-refractivity contribution in [3.8, 4) is 11.6 Å². The van der Waals surface area contributed by atoms with E-state index >= 15 is 0 Å². The fraction of sp³-hybridized carbons (Fsp3) is 0.231. The Hall–Kier alpha value is -2.35. The fourth-order valence-electron chi connectivity index (χ4n) is 2.05. The van der Waals surface area contributed by atoms with Crippen LogP contribution in [0.5, 0.6) is 11.6 Å². The van der Waals surface area contributed by atoms with Gasteiger partial charge in [0.05, 0.1) is 10.6 Å². The van der Waals surface area contributed by atoms with Gasteiger partial charge < -0.3 is 10.2 Å². The number of ketones is 1. The number of benzene rings is 1. The summed E-state index contributed by atoms with van der Waals surface area (Å²) in [4.78, 5) is 12.2. The van der Waals surface area contributed by atoms with Crippen molar-refractivity contribution in [2.45, 2.75) is 11.8 Å². The van der Waals surface area contributed by atoms with Gasteiger partial charge >= 0.3 is 0 Å². The lowest BCUT2D eigenvalue weighted by atomic mass is 10.0. The first kappa shape index (κ1) is 15.0. The molecule has 0 amide bonds. The lowest BCUT2D eigenvalue weighted by molar-refractivity contribution is 0.103. The van der Waals surface area contributed by atoms with E-state index in [-0.39, 0.29) is 33.3 Å². The van der Waals surface area contributed by atoms with Crippen LogP contribution in [-0.4, -0.2) is 40.5 Å². The molecule has 0 fully saturated rings. The molecule has 1 aromatic carbocycles. The van der Waals surface area contributed by atoms with Crippen molar-refractivity contribution >= 4 is 15.6 Å². The summed E-state index contributed by atoms with van der Waals surface area (Å²) < 4.78 is 24.7. The number of hydrogen-bond acceptors (Lipinski definition) is 6. The Kier molecular flexibility index (Phi) is 3.50. The predicted molar refractivity (Wildman–Crippen MR) is 74.3 cm³/mol. The van der Waals surface area contributed by atoms with Crippen molar-refractivity contribution in [2.24, 2.45) is 7.05 Å². The average molecular weight is 310 g/mol. The van der Waals surface area contributed by atoms with Crippen molar-refractivity contribution in [1.82, 2.24) is 9.78 Å². The van der Waals surface area contributed by atoms with Gasteiger partial charge in [0.25, 0.3) is 0 Å². The number of rotatable bonds is 3. The molecule has 2 N–H and O–H groups in total. The summed E-state index contributed by atoms with van der Waals surface area (Å²) in [6.45, 7) is 1.54. The second-order valence-corrected chi connectivity index (χ2v) is 6.67. The molecule has 2 rings (SSSR count). The monoisotopic (exact) mass is 310 g/mol. The Morgan fingerprint density at radius 3 is 2.38 bits per heavy atom. The zero-order valence-electron chi connectivity index (χ0n) is 11.7. The molecule has 0 saturated heterocycles. The number of carbonyl (C=O) groups is 1. The molecule has 21 heavy (non-hydrogen) atoms. The molecular weight excluding hydrogens is 296 g/mol. The van der Waals surface area contributed by atoms with Crippen LogP contribution >= 0.6 is 0 Å². The van der Waals surface area contributed by atoms with Gasteiger partial charge in [-0.1, -0.05) is 0 Å². The Morgan fingerprint density at radius 2 is 1.90 bits per heavy atom. The molecule has 8 heteroatoms. The maximum absolute atomic E-state index is 12.5. The van der Waals surface area contributed by atoms with Gasteiger partial charge in [-0.15, -0.1) is 0 Å². The van der Waals surface area contributed by atoms with Gasteiger partial charge in [0.1, 0.15) is 11.3 Å². The summed E-state index contributed by atoms with van der Waals surface area (Å²) in [5, 5.41) is 23.2. The van der Waals surface area contributed by atoms with Gasteiger partial charge in [-0.05, 0) is 25.1 Å². The molecule has 1 heterocycles. The molecule has 0 bridgehead atoms. The molecule has 0 aliphatic heterocycles. The molecule has 2 aromatic rings. The van der Waals surface area contributed by atoms with Crippen LogP contribution in [0.4, 0.5) is 0 Å². The standard InChI is InChI=1S/C13H14N2O5S/c1-7-11(13(18)15(2)14-7)12(17)9-5-4-8(16)6-10(9)21(3,19)20/h4-6,16,18H,1-3H3. The van der Waals surface area contributed by atoms with Crippen molar-refractivity contribution in [1.29, 1.82) is 0 Å². The number of phenols is 1. The van der Waals surface area contributed by atoms with Gasteiger partial charge in [0.15, 0.2) is 9.84 Å². The van der Waals surface area contributed by atoms with Crippen LogP contribution in [0, 0.1) is 6.92 Å². The smallest absolute Gasteiger partial charge is 0.220 e. The molecule has 0 unspecified atom stereocenters. The molecular formula is C13H14N2O5S. The number of aromatic hydroxyl groups is 2. The van der Waals surface area contributed by atoms with Crippen LogP contribution < -0.4 is 0 Å². The van der Waals surface area contributed by atoms with Crippen molar-refractivity contribution < 1.29 is 23.4 Å². The largest absolute Gasteiger partial charge is 0.508 e. The van der Waals surface area contributed by atoms with Crippen LogP contribution in [0.1, 0.15) is 21.6 Å². The molecule has 7 nitrogen and oxygen atoms in total. The van der Waals surface area contributed by atoms with Gasteiger partial charge in [0, 0.05) is 18.9 Å². The number of aryl methyl sites for hydroxylation is 2. The molecule has 0 atom stereocenters. The summed E-state index contributed by atoms with van der Waals surface area (Å²) in [5.41, 5.74) is 0.0994. The summed E-state index contributed by atoms with van der Waals surface area (Å²) in [6, 6.07) is 3.43. The van der Waals surface area contributed by atoms with Gasteiger partial charge in [-0.25, -0.2) is 13.1 Å². The van der Waals surface area contributed by atoms with E-state index < -0.39 is 15.6 Å². The highest BCUT2D eigenvalue weighted by Crippen LogP contribution is 2.28. The summed E-state index contributed by atoms with van der Waals surface area (Å²) in [5.74, 6) is -1.28. The number of sulfone groups is 1. The van der Waals surface area contributed by atoms with Crippen LogP contribution in [0.3, 0.4) is 0 Å². The molecule has 0 aliphatic carbocycles. The topological polar surface area (TPSA) is 109 Å². The van der Waals surface area contributed by atoms with E-state index in [2.05, 4.69) is 5.10 Å². The molecule has 0 saturated carbocycles. The third-order valence-corrected chi connectivity index (χ3v) is 4.16. The first-order chi connectivity index (χ1) is 9.62. The van der Waals surface area contributed by atoms with Crippen LogP contribution in [0.2, 0.25) is 0 Å². The van der Waals surface area contributed by atoms with Crippen molar-refractivity contribution in [2.75, 3.05) is 6.26 Å². The number of aromatic nitrogens is 2. The van der Waals surface area contributed by atoms with Crippen LogP contribution in [0.15, 0.2) is 23.1 Å². The van der Waals surface area contributed by atoms with Crippen molar-refractivity contribution in [3.63, 3.8) is 0 Å². The quantitative estimate of drug-likeness (QED) is 0.811. The Morgan fingerprint density at radius 1 is 1.29 bits per heavy atom. The second-order valence-electron chi connectivity index (χ2n) is 4.69. The SMILES string of the molecule is Cc1nn(C)c(O)c1C(=O)c1ccc(O)cc1S(C)(=O)=O. The molecule has 0 aliphatic rings. The van der Waals surface area contributed by atoms with Crippen LogP contribution in [-0.2, 0) is 16.9 Å². The van der Waals surface area contributed by atoms with E-state index in [1.807, 2.05) is 0 Å². The summed E-state index contributed by atoms with van der Waals surface area (Å²) in [7, 11) is -2.25. The third kappa shape index (κ3) is 2.62. The maximum atomic E-state index is 12.5. The number of phenolic OH excluding ortho intramolecular Hbond substituents is 1. The highest BCUT2D eigenvalue weighted by Gasteiger charge is 2.26. The van der Waals surface area contributed by atoms with E-state index in [1.165, 1.54) is 26.1 Å². The Bertz CT molecular complexity index is 836. The fourth-order valence-corrected chi connectivity index (χ4v) is 2.95.